The average molecular weight is 355 g/mol. The number of aryl methyl sites for hydroxylation is 3. The third-order valence-corrected chi connectivity index (χ3v) is 4.94. The molecule has 3 nitrogen and oxygen atoms in total. The predicted octanol–water partition coefficient (Wildman–Crippen LogP) is 5.12. The predicted molar refractivity (Wildman–Crippen MR) is 104 cm³/mol. The van der Waals surface area contributed by atoms with Crippen LogP contribution in [0, 0.1) is 6.92 Å². The molecule has 130 valence electrons. The molecule has 0 saturated carbocycles. The van der Waals surface area contributed by atoms with E-state index in [2.05, 4.69) is 41.9 Å². The molecule has 0 aliphatic carbocycles. The van der Waals surface area contributed by atoms with Crippen LogP contribution in [0.1, 0.15) is 41.0 Å². The molecule has 0 fully saturated rings. The van der Waals surface area contributed by atoms with Crippen molar-refractivity contribution in [2.45, 2.75) is 40.3 Å². The van der Waals surface area contributed by atoms with Gasteiger partial charge in [0, 0.05) is 29.0 Å². The lowest BCUT2D eigenvalue weighted by Crippen LogP contribution is -2.26. The molecule has 3 rings (SSSR count). The summed E-state index contributed by atoms with van der Waals surface area (Å²) in [5.74, 6) is -0.0384. The van der Waals surface area contributed by atoms with Gasteiger partial charge in [-0.2, -0.15) is 0 Å². The van der Waals surface area contributed by atoms with E-state index in [0.717, 1.165) is 40.7 Å². The summed E-state index contributed by atoms with van der Waals surface area (Å²) in [4.78, 5) is 12.9. The summed E-state index contributed by atoms with van der Waals surface area (Å²) in [6.45, 7) is 7.50. The molecule has 3 aromatic rings. The molecular weight excluding hydrogens is 332 g/mol. The van der Waals surface area contributed by atoms with Crippen molar-refractivity contribution in [3.05, 3.63) is 69.9 Å². The third-order valence-electron chi connectivity index (χ3n) is 4.69. The van der Waals surface area contributed by atoms with E-state index >= 15 is 0 Å². The zero-order chi connectivity index (χ0) is 18.0. The molecule has 1 heterocycles. The van der Waals surface area contributed by atoms with Gasteiger partial charge in [0.2, 0.25) is 0 Å². The third kappa shape index (κ3) is 3.42. The lowest BCUT2D eigenvalue weighted by molar-refractivity contribution is 0.0941. The van der Waals surface area contributed by atoms with Gasteiger partial charge in [0.05, 0.1) is 0 Å². The molecular formula is C21H23ClN2O. The highest BCUT2D eigenvalue weighted by Crippen LogP contribution is 2.27. The fourth-order valence-electron chi connectivity index (χ4n) is 3.28. The van der Waals surface area contributed by atoms with Crippen LogP contribution < -0.4 is 5.32 Å². The first-order valence-corrected chi connectivity index (χ1v) is 9.07. The maximum atomic E-state index is 12.9. The molecule has 0 atom stereocenters. The Balaban J connectivity index is 1.92. The molecule has 1 amide bonds. The number of hydrogen-bond donors (Lipinski definition) is 1. The van der Waals surface area contributed by atoms with E-state index in [1.165, 1.54) is 5.56 Å². The molecule has 1 aromatic heterocycles. The largest absolute Gasteiger partial charge is 0.347 e. The highest BCUT2D eigenvalue weighted by Gasteiger charge is 2.19. The van der Waals surface area contributed by atoms with Crippen LogP contribution in [0.25, 0.3) is 10.9 Å². The summed E-state index contributed by atoms with van der Waals surface area (Å²) in [5.41, 5.74) is 5.23. The highest BCUT2D eigenvalue weighted by molar-refractivity contribution is 6.30. The second kappa shape index (κ2) is 7.32. The fraction of sp³-hybridized carbons (Fsp3) is 0.286. The SMILES string of the molecule is CCc1ccc2c(c1)c(C)c(C(=O)NCc1ccc(Cl)cc1)n2CC. The topological polar surface area (TPSA) is 34.0 Å². The molecule has 0 spiro atoms. The van der Waals surface area contributed by atoms with Gasteiger partial charge in [-0.1, -0.05) is 36.7 Å². The molecule has 2 aromatic carbocycles. The van der Waals surface area contributed by atoms with E-state index < -0.39 is 0 Å². The summed E-state index contributed by atoms with van der Waals surface area (Å²) < 4.78 is 2.10. The quantitative estimate of drug-likeness (QED) is 0.678. The van der Waals surface area contributed by atoms with Crippen molar-refractivity contribution in [1.29, 1.82) is 0 Å². The molecule has 25 heavy (non-hydrogen) atoms. The summed E-state index contributed by atoms with van der Waals surface area (Å²) in [6, 6.07) is 14.0. The lowest BCUT2D eigenvalue weighted by Gasteiger charge is -2.10. The highest BCUT2D eigenvalue weighted by atomic mass is 35.5. The van der Waals surface area contributed by atoms with Crippen molar-refractivity contribution in [1.82, 2.24) is 9.88 Å². The van der Waals surface area contributed by atoms with Crippen LogP contribution in [-0.2, 0) is 19.5 Å². The second-order valence-corrected chi connectivity index (χ2v) is 6.67. The van der Waals surface area contributed by atoms with Gasteiger partial charge < -0.3 is 9.88 Å². The van der Waals surface area contributed by atoms with Crippen LogP contribution in [0.15, 0.2) is 42.5 Å². The van der Waals surface area contributed by atoms with E-state index in [9.17, 15) is 4.79 Å². The Bertz CT molecular complexity index is 910. The Morgan fingerprint density at radius 2 is 1.76 bits per heavy atom. The van der Waals surface area contributed by atoms with Crippen molar-refractivity contribution >= 4 is 28.4 Å². The summed E-state index contributed by atoms with van der Waals surface area (Å²) >= 11 is 5.91. The minimum Gasteiger partial charge on any atom is -0.347 e. The zero-order valence-electron chi connectivity index (χ0n) is 14.9. The normalized spacial score (nSPS) is 11.0. The number of rotatable bonds is 5. The number of benzene rings is 2. The van der Waals surface area contributed by atoms with Crippen molar-refractivity contribution in [3.8, 4) is 0 Å². The van der Waals surface area contributed by atoms with Crippen LogP contribution in [0.2, 0.25) is 5.02 Å². The van der Waals surface area contributed by atoms with Gasteiger partial charge >= 0.3 is 0 Å². The Labute approximate surface area is 153 Å². The van der Waals surface area contributed by atoms with Gasteiger partial charge in [-0.3, -0.25) is 4.79 Å². The first-order chi connectivity index (χ1) is 12.0. The number of fused-ring (bicyclic) bond motifs is 1. The number of carbonyl (C=O) groups is 1. The molecule has 0 unspecified atom stereocenters. The molecule has 0 aliphatic rings. The second-order valence-electron chi connectivity index (χ2n) is 6.23. The van der Waals surface area contributed by atoms with E-state index in [4.69, 9.17) is 11.6 Å². The summed E-state index contributed by atoms with van der Waals surface area (Å²) in [6.07, 6.45) is 0.991. The lowest BCUT2D eigenvalue weighted by atomic mass is 10.1. The molecule has 4 heteroatoms. The number of hydrogen-bond acceptors (Lipinski definition) is 1. The fourth-order valence-corrected chi connectivity index (χ4v) is 3.40. The van der Waals surface area contributed by atoms with Crippen LogP contribution in [0.4, 0.5) is 0 Å². The molecule has 1 N–H and O–H groups in total. The maximum absolute atomic E-state index is 12.9. The van der Waals surface area contributed by atoms with Crippen molar-refractivity contribution in [2.75, 3.05) is 0 Å². The van der Waals surface area contributed by atoms with Crippen molar-refractivity contribution < 1.29 is 4.79 Å². The monoisotopic (exact) mass is 354 g/mol. The van der Waals surface area contributed by atoms with Gasteiger partial charge in [-0.15, -0.1) is 0 Å². The number of halogens is 1. The van der Waals surface area contributed by atoms with Gasteiger partial charge in [0.1, 0.15) is 5.69 Å². The molecule has 0 aliphatic heterocycles. The molecule has 0 bridgehead atoms. The Morgan fingerprint density at radius 1 is 1.08 bits per heavy atom. The Hall–Kier alpha value is -2.26. The average Bonchev–Trinajstić information content (AvgIpc) is 2.92. The maximum Gasteiger partial charge on any atom is 0.268 e. The van der Waals surface area contributed by atoms with E-state index in [1.54, 1.807) is 0 Å². The number of nitrogens with zero attached hydrogens (tertiary/aromatic N) is 1. The standard InChI is InChI=1S/C21H23ClN2O/c1-4-15-8-11-19-18(12-15)14(3)20(24(19)5-2)21(25)23-13-16-6-9-17(22)10-7-16/h6-12H,4-5,13H2,1-3H3,(H,23,25). The van der Waals surface area contributed by atoms with E-state index in [-0.39, 0.29) is 5.91 Å². The number of nitrogens with one attached hydrogen (secondary N) is 1. The van der Waals surface area contributed by atoms with Crippen LogP contribution in [0.5, 0.6) is 0 Å². The van der Waals surface area contributed by atoms with E-state index in [1.807, 2.05) is 31.2 Å². The molecule has 0 radical (unpaired) electrons. The zero-order valence-corrected chi connectivity index (χ0v) is 15.7. The minimum absolute atomic E-state index is 0.0384. The smallest absolute Gasteiger partial charge is 0.268 e. The van der Waals surface area contributed by atoms with Gasteiger partial charge in [-0.05, 0) is 61.2 Å². The summed E-state index contributed by atoms with van der Waals surface area (Å²) in [5, 5.41) is 4.90. The molecule has 0 saturated heterocycles. The summed E-state index contributed by atoms with van der Waals surface area (Å²) in [7, 11) is 0. The first-order valence-electron chi connectivity index (χ1n) is 8.69. The minimum atomic E-state index is -0.0384. The Morgan fingerprint density at radius 3 is 2.40 bits per heavy atom. The number of carbonyl (C=O) groups excluding carboxylic acids is 1. The first kappa shape index (κ1) is 17.6. The van der Waals surface area contributed by atoms with Crippen LogP contribution >= 0.6 is 11.6 Å². The number of amides is 1. The van der Waals surface area contributed by atoms with Gasteiger partial charge in [-0.25, -0.2) is 0 Å². The Kier molecular flexibility index (Phi) is 5.14. The number of aromatic nitrogens is 1. The van der Waals surface area contributed by atoms with Gasteiger partial charge in [0.15, 0.2) is 0 Å². The van der Waals surface area contributed by atoms with Crippen LogP contribution in [0.3, 0.4) is 0 Å². The van der Waals surface area contributed by atoms with E-state index in [0.29, 0.717) is 11.6 Å². The van der Waals surface area contributed by atoms with Crippen molar-refractivity contribution in [2.24, 2.45) is 0 Å². The van der Waals surface area contributed by atoms with Gasteiger partial charge in [0.25, 0.3) is 5.91 Å². The van der Waals surface area contributed by atoms with Crippen LogP contribution in [-0.4, -0.2) is 10.5 Å². The van der Waals surface area contributed by atoms with Crippen molar-refractivity contribution in [3.63, 3.8) is 0 Å².